The SMILES string of the molecule is CCCC(=O)N1CCC[C@H]1C(=O)Nc1nc(C)ns1. The molecule has 1 saturated heterocycles. The molecule has 1 fully saturated rings. The third kappa shape index (κ3) is 3.28. The molecule has 7 heteroatoms. The molecule has 0 saturated carbocycles. The van der Waals surface area contributed by atoms with Gasteiger partial charge in [-0.3, -0.25) is 14.9 Å². The van der Waals surface area contributed by atoms with E-state index in [1.165, 1.54) is 0 Å². The van der Waals surface area contributed by atoms with Crippen molar-refractivity contribution >= 4 is 28.5 Å². The summed E-state index contributed by atoms with van der Waals surface area (Å²) >= 11 is 1.16. The Labute approximate surface area is 116 Å². The number of carbonyl (C=O) groups is 2. The predicted octanol–water partition coefficient (Wildman–Crippen LogP) is 1.58. The fourth-order valence-corrected chi connectivity index (χ4v) is 2.81. The van der Waals surface area contributed by atoms with Crippen LogP contribution in [0, 0.1) is 6.92 Å². The summed E-state index contributed by atoms with van der Waals surface area (Å²) in [7, 11) is 0. The second kappa shape index (κ2) is 6.10. The molecule has 19 heavy (non-hydrogen) atoms. The number of hydrogen-bond donors (Lipinski definition) is 1. The van der Waals surface area contributed by atoms with Crippen LogP contribution in [-0.4, -0.2) is 38.7 Å². The minimum Gasteiger partial charge on any atom is -0.331 e. The lowest BCUT2D eigenvalue weighted by Crippen LogP contribution is -2.43. The lowest BCUT2D eigenvalue weighted by molar-refractivity contribution is -0.136. The molecule has 2 rings (SSSR count). The largest absolute Gasteiger partial charge is 0.331 e. The van der Waals surface area contributed by atoms with Gasteiger partial charge >= 0.3 is 0 Å². The lowest BCUT2D eigenvalue weighted by atomic mass is 10.2. The molecule has 0 aromatic carbocycles. The van der Waals surface area contributed by atoms with Crippen LogP contribution in [0.2, 0.25) is 0 Å². The molecule has 2 heterocycles. The molecule has 1 N–H and O–H groups in total. The molecule has 0 radical (unpaired) electrons. The van der Waals surface area contributed by atoms with Crippen LogP contribution < -0.4 is 5.32 Å². The van der Waals surface area contributed by atoms with E-state index in [1.54, 1.807) is 11.8 Å². The van der Waals surface area contributed by atoms with Gasteiger partial charge in [-0.05, 0) is 26.2 Å². The number of nitrogens with zero attached hydrogens (tertiary/aromatic N) is 3. The Morgan fingerprint density at radius 3 is 2.95 bits per heavy atom. The molecule has 1 atom stereocenters. The van der Waals surface area contributed by atoms with Crippen LogP contribution in [0.3, 0.4) is 0 Å². The topological polar surface area (TPSA) is 75.2 Å². The van der Waals surface area contributed by atoms with Crippen molar-refractivity contribution in [2.45, 2.75) is 45.6 Å². The van der Waals surface area contributed by atoms with E-state index in [2.05, 4.69) is 14.7 Å². The fraction of sp³-hybridized carbons (Fsp3) is 0.667. The molecule has 6 nitrogen and oxygen atoms in total. The van der Waals surface area contributed by atoms with E-state index in [1.807, 2.05) is 6.92 Å². The zero-order valence-electron chi connectivity index (χ0n) is 11.2. The van der Waals surface area contributed by atoms with E-state index in [0.29, 0.717) is 23.9 Å². The molecular weight excluding hydrogens is 264 g/mol. The van der Waals surface area contributed by atoms with Crippen molar-refractivity contribution in [2.24, 2.45) is 0 Å². The van der Waals surface area contributed by atoms with E-state index >= 15 is 0 Å². The summed E-state index contributed by atoms with van der Waals surface area (Å²) in [6, 6.07) is -0.358. The molecule has 1 aliphatic rings. The number of hydrogen-bond acceptors (Lipinski definition) is 5. The van der Waals surface area contributed by atoms with Crippen molar-refractivity contribution < 1.29 is 9.59 Å². The van der Waals surface area contributed by atoms with Gasteiger partial charge in [0.2, 0.25) is 16.9 Å². The summed E-state index contributed by atoms with van der Waals surface area (Å²) in [6.07, 6.45) is 2.91. The summed E-state index contributed by atoms with van der Waals surface area (Å²) in [5, 5.41) is 3.24. The van der Waals surface area contributed by atoms with Gasteiger partial charge < -0.3 is 4.90 Å². The number of aryl methyl sites for hydroxylation is 1. The highest BCUT2D eigenvalue weighted by atomic mass is 32.1. The number of amides is 2. The first-order valence-electron chi connectivity index (χ1n) is 6.52. The first-order valence-corrected chi connectivity index (χ1v) is 7.29. The zero-order valence-corrected chi connectivity index (χ0v) is 12.0. The number of likely N-dealkylation sites (tertiary alicyclic amines) is 1. The Balaban J connectivity index is 1.99. The van der Waals surface area contributed by atoms with Gasteiger partial charge in [-0.2, -0.15) is 4.37 Å². The van der Waals surface area contributed by atoms with E-state index < -0.39 is 0 Å². The number of nitrogens with one attached hydrogen (secondary N) is 1. The summed E-state index contributed by atoms with van der Waals surface area (Å²) in [6.45, 7) is 4.41. The molecule has 1 aromatic rings. The highest BCUT2D eigenvalue weighted by Gasteiger charge is 2.33. The van der Waals surface area contributed by atoms with Gasteiger partial charge in [0.05, 0.1) is 0 Å². The summed E-state index contributed by atoms with van der Waals surface area (Å²) in [4.78, 5) is 29.9. The molecule has 104 valence electrons. The lowest BCUT2D eigenvalue weighted by Gasteiger charge is -2.23. The van der Waals surface area contributed by atoms with Crippen LogP contribution in [0.1, 0.15) is 38.4 Å². The summed E-state index contributed by atoms with van der Waals surface area (Å²) in [5.74, 6) is 0.553. The molecule has 0 spiro atoms. The van der Waals surface area contributed by atoms with Gasteiger partial charge in [0.1, 0.15) is 11.9 Å². The van der Waals surface area contributed by atoms with Gasteiger partial charge in [-0.15, -0.1) is 0 Å². The van der Waals surface area contributed by atoms with Gasteiger partial charge in [0.15, 0.2) is 0 Å². The first-order chi connectivity index (χ1) is 9.11. The molecule has 1 aliphatic heterocycles. The Bertz CT molecular complexity index is 474. The highest BCUT2D eigenvalue weighted by Crippen LogP contribution is 2.21. The number of carbonyl (C=O) groups excluding carboxylic acids is 2. The van der Waals surface area contributed by atoms with E-state index in [4.69, 9.17) is 0 Å². The summed E-state index contributed by atoms with van der Waals surface area (Å²) in [5.41, 5.74) is 0. The van der Waals surface area contributed by atoms with E-state index in [9.17, 15) is 9.59 Å². The fourth-order valence-electron chi connectivity index (χ4n) is 2.23. The first kappa shape index (κ1) is 13.9. The second-order valence-electron chi connectivity index (χ2n) is 4.63. The maximum absolute atomic E-state index is 12.2. The van der Waals surface area contributed by atoms with Crippen molar-refractivity contribution in [1.82, 2.24) is 14.3 Å². The number of aromatic nitrogens is 2. The minimum absolute atomic E-state index is 0.0635. The van der Waals surface area contributed by atoms with Gasteiger partial charge in [0, 0.05) is 24.5 Å². The maximum atomic E-state index is 12.2. The van der Waals surface area contributed by atoms with Crippen molar-refractivity contribution in [2.75, 3.05) is 11.9 Å². The average molecular weight is 282 g/mol. The molecule has 0 aliphatic carbocycles. The average Bonchev–Trinajstić information content (AvgIpc) is 2.98. The van der Waals surface area contributed by atoms with Crippen LogP contribution in [0.5, 0.6) is 0 Å². The van der Waals surface area contributed by atoms with Crippen LogP contribution >= 0.6 is 11.5 Å². The van der Waals surface area contributed by atoms with Crippen LogP contribution in [0.15, 0.2) is 0 Å². The molecular formula is C12H18N4O2S. The van der Waals surface area contributed by atoms with Gasteiger partial charge in [-0.25, -0.2) is 4.98 Å². The monoisotopic (exact) mass is 282 g/mol. The van der Waals surface area contributed by atoms with Crippen molar-refractivity contribution in [3.05, 3.63) is 5.82 Å². The van der Waals surface area contributed by atoms with Crippen molar-refractivity contribution in [3.8, 4) is 0 Å². The van der Waals surface area contributed by atoms with E-state index in [-0.39, 0.29) is 17.9 Å². The quantitative estimate of drug-likeness (QED) is 0.909. The van der Waals surface area contributed by atoms with Crippen LogP contribution in [0.4, 0.5) is 5.13 Å². The third-order valence-corrected chi connectivity index (χ3v) is 3.82. The smallest absolute Gasteiger partial charge is 0.248 e. The third-order valence-electron chi connectivity index (χ3n) is 3.10. The highest BCUT2D eigenvalue weighted by molar-refractivity contribution is 7.09. The second-order valence-corrected chi connectivity index (χ2v) is 5.38. The maximum Gasteiger partial charge on any atom is 0.248 e. The Morgan fingerprint density at radius 1 is 1.53 bits per heavy atom. The molecule has 0 bridgehead atoms. The van der Waals surface area contributed by atoms with Crippen LogP contribution in [-0.2, 0) is 9.59 Å². The molecule has 1 aromatic heterocycles. The Kier molecular flexibility index (Phi) is 4.47. The number of anilines is 1. The van der Waals surface area contributed by atoms with Crippen molar-refractivity contribution in [1.29, 1.82) is 0 Å². The number of rotatable bonds is 4. The van der Waals surface area contributed by atoms with Crippen LogP contribution in [0.25, 0.3) is 0 Å². The van der Waals surface area contributed by atoms with Crippen molar-refractivity contribution in [3.63, 3.8) is 0 Å². The van der Waals surface area contributed by atoms with E-state index in [0.717, 1.165) is 30.8 Å². The zero-order chi connectivity index (χ0) is 13.8. The molecule has 0 unspecified atom stereocenters. The minimum atomic E-state index is -0.358. The molecule has 2 amide bonds. The van der Waals surface area contributed by atoms with Gasteiger partial charge in [-0.1, -0.05) is 6.92 Å². The predicted molar refractivity (Wildman–Crippen MR) is 72.9 cm³/mol. The normalized spacial score (nSPS) is 18.6. The standard InChI is InChI=1S/C12H18N4O2S/c1-3-5-10(17)16-7-4-6-9(16)11(18)14-12-13-8(2)15-19-12/h9H,3-7H2,1-2H3,(H,13,14,15,18)/t9-/m0/s1. The Hall–Kier alpha value is -1.50. The van der Waals surface area contributed by atoms with Gasteiger partial charge in [0.25, 0.3) is 0 Å². The Morgan fingerprint density at radius 2 is 2.32 bits per heavy atom. The summed E-state index contributed by atoms with van der Waals surface area (Å²) < 4.78 is 4.02.